The van der Waals surface area contributed by atoms with Crippen LogP contribution in [0.5, 0.6) is 17.2 Å². The average molecular weight is 920 g/mol. The van der Waals surface area contributed by atoms with Gasteiger partial charge in [0.25, 0.3) is 5.91 Å². The zero-order valence-electron chi connectivity index (χ0n) is 35.9. The van der Waals surface area contributed by atoms with E-state index in [4.69, 9.17) is 30.6 Å². The number of unbranched alkanes of at least 4 members (excludes halogenated alkanes) is 2. The molecule has 3 amide bonds. The fraction of sp³-hybridized carbons (Fsp3) is 0.478. The number of aliphatic hydroxyl groups excluding tert-OH is 1. The van der Waals surface area contributed by atoms with Gasteiger partial charge in [-0.1, -0.05) is 41.1 Å². The van der Waals surface area contributed by atoms with Crippen molar-refractivity contribution in [2.75, 3.05) is 82.3 Å². The van der Waals surface area contributed by atoms with E-state index >= 15 is 0 Å². The number of halogens is 1. The van der Waals surface area contributed by atoms with Crippen molar-refractivity contribution in [3.8, 4) is 17.2 Å². The molecular weight excluding hydrogens is 864 g/mol. The highest BCUT2D eigenvalue weighted by atomic mass is 35.5. The smallest absolute Gasteiger partial charge is 0.416 e. The molecule has 0 aliphatic carbocycles. The van der Waals surface area contributed by atoms with Crippen LogP contribution >= 0.6 is 33.2 Å². The van der Waals surface area contributed by atoms with Crippen LogP contribution < -0.4 is 24.1 Å². The Balaban J connectivity index is 0.908. The lowest BCUT2D eigenvalue weighted by molar-refractivity contribution is -0.118. The maximum absolute atomic E-state index is 13.9. The van der Waals surface area contributed by atoms with Gasteiger partial charge in [0.2, 0.25) is 5.91 Å². The van der Waals surface area contributed by atoms with Crippen LogP contribution in [0, 0.1) is 0 Å². The summed E-state index contributed by atoms with van der Waals surface area (Å²) in [6, 6.07) is 18.5. The molecule has 0 radical (unpaired) electrons. The van der Waals surface area contributed by atoms with Crippen molar-refractivity contribution >= 4 is 73.2 Å². The lowest BCUT2D eigenvalue weighted by Crippen LogP contribution is -2.51. The Morgan fingerprint density at radius 3 is 2.49 bits per heavy atom. The van der Waals surface area contributed by atoms with E-state index in [1.807, 2.05) is 53.3 Å². The Morgan fingerprint density at radius 2 is 1.73 bits per heavy atom. The van der Waals surface area contributed by atoms with Crippen molar-refractivity contribution < 1.29 is 38.5 Å². The standard InChI is InChI=1S/C46H55ClN6O8S2/c1-30(62-63-41-15-8-9-17-48-41)29-60-46(57)53-36-25-40(39(58-3)24-34(36)44(55)51-18-11-14-35(51)45(53)56)59-23-10-4-5-16-42(54)52-28-31(27-47)43-33-13-7-6-12-32(33)38(26-37(43)52)61-50-21-19-49(2)20-22-50/h6-9,12-13,15,17,24-26,30-31,35,45,56H,4-5,10-11,14,16,18-23,27-29H2,1-3H3/t30?,31-,35+,45?/m1/s1. The Hall–Kier alpha value is -4.45. The zero-order valence-corrected chi connectivity index (χ0v) is 38.3. The molecule has 4 aliphatic heterocycles. The first-order chi connectivity index (χ1) is 30.6. The average Bonchev–Trinajstić information content (AvgIpc) is 3.94. The normalized spacial score (nSPS) is 20.6. The molecule has 17 heteroatoms. The highest BCUT2D eigenvalue weighted by Crippen LogP contribution is 2.46. The second-order valence-electron chi connectivity index (χ2n) is 16.4. The van der Waals surface area contributed by atoms with Gasteiger partial charge in [-0.25, -0.2) is 14.7 Å². The van der Waals surface area contributed by atoms with Crippen LogP contribution in [-0.4, -0.2) is 133 Å². The number of hydrogen-bond acceptors (Lipinski definition) is 13. The van der Waals surface area contributed by atoms with Crippen molar-refractivity contribution in [2.24, 2.45) is 0 Å². The summed E-state index contributed by atoms with van der Waals surface area (Å²) in [5.74, 6) is 1.55. The largest absolute Gasteiger partial charge is 0.493 e. The van der Waals surface area contributed by atoms with Gasteiger partial charge in [0, 0.05) is 86.5 Å². The minimum Gasteiger partial charge on any atom is -0.493 e. The van der Waals surface area contributed by atoms with Crippen LogP contribution in [-0.2, 0) is 9.53 Å². The Morgan fingerprint density at radius 1 is 0.952 bits per heavy atom. The number of hydrogen-bond donors (Lipinski definition) is 1. The molecule has 0 spiro atoms. The maximum atomic E-state index is 13.9. The molecule has 8 rings (SSSR count). The molecule has 1 aromatic heterocycles. The van der Waals surface area contributed by atoms with E-state index in [1.165, 1.54) is 33.6 Å². The first-order valence-corrected chi connectivity index (χ1v) is 24.5. The number of rotatable bonds is 16. The molecule has 14 nitrogen and oxygen atoms in total. The van der Waals surface area contributed by atoms with Gasteiger partial charge >= 0.3 is 6.09 Å². The number of benzene rings is 3. The van der Waals surface area contributed by atoms with Crippen molar-refractivity contribution in [3.63, 3.8) is 0 Å². The molecule has 0 bridgehead atoms. The van der Waals surface area contributed by atoms with E-state index in [0.29, 0.717) is 69.2 Å². The van der Waals surface area contributed by atoms with E-state index in [0.717, 1.165) is 65.4 Å². The molecule has 3 aromatic carbocycles. The molecule has 2 fully saturated rings. The minimum atomic E-state index is -1.33. The fourth-order valence-electron chi connectivity index (χ4n) is 8.78. The van der Waals surface area contributed by atoms with Crippen molar-refractivity contribution in [1.29, 1.82) is 0 Å². The number of carbonyl (C=O) groups is 3. The summed E-state index contributed by atoms with van der Waals surface area (Å²) in [5.41, 5.74) is 2.37. The summed E-state index contributed by atoms with van der Waals surface area (Å²) >= 11 is 6.54. The molecule has 4 atom stereocenters. The van der Waals surface area contributed by atoms with Gasteiger partial charge in [0.1, 0.15) is 11.6 Å². The fourth-order valence-corrected chi connectivity index (χ4v) is 10.9. The number of fused-ring (bicyclic) bond motifs is 5. The topological polar surface area (TPSA) is 137 Å². The summed E-state index contributed by atoms with van der Waals surface area (Å²) in [5, 5.41) is 16.5. The van der Waals surface area contributed by atoms with Crippen molar-refractivity contribution in [2.45, 2.75) is 73.9 Å². The Kier molecular flexibility index (Phi) is 14.7. The SMILES string of the molecule is COc1cc2c(cc1OCCCCCC(=O)N1C[C@@H](CCl)c3c1cc(ON1CCN(C)CC1)c1ccccc31)N(C(=O)OCC(C)SSc1ccccn1)C(O)[C@@H]1CCCN1C2=O. The third-order valence-electron chi connectivity index (χ3n) is 12.1. The summed E-state index contributed by atoms with van der Waals surface area (Å²) < 4.78 is 17.7. The number of methoxy groups -OCH3 is 1. The zero-order chi connectivity index (χ0) is 44.0. The Labute approximate surface area is 381 Å². The van der Waals surface area contributed by atoms with Crippen LogP contribution in [0.4, 0.5) is 16.2 Å². The Bertz CT molecular complexity index is 2270. The summed E-state index contributed by atoms with van der Waals surface area (Å²) in [7, 11) is 6.62. The molecule has 2 unspecified atom stereocenters. The molecule has 1 N–H and O–H groups in total. The van der Waals surface area contributed by atoms with Crippen LogP contribution in [0.2, 0.25) is 0 Å². The van der Waals surface area contributed by atoms with Crippen LogP contribution in [0.1, 0.15) is 67.3 Å². The number of amides is 3. The lowest BCUT2D eigenvalue weighted by Gasteiger charge is -2.32. The third-order valence-corrected chi connectivity index (χ3v) is 15.2. The molecule has 4 aromatic rings. The summed E-state index contributed by atoms with van der Waals surface area (Å²) in [6.07, 6.45) is 3.24. The monoisotopic (exact) mass is 918 g/mol. The highest BCUT2D eigenvalue weighted by molar-refractivity contribution is 8.76. The molecule has 5 heterocycles. The lowest BCUT2D eigenvalue weighted by atomic mass is 9.95. The van der Waals surface area contributed by atoms with Gasteiger partial charge in [-0.3, -0.25) is 9.59 Å². The van der Waals surface area contributed by atoms with Gasteiger partial charge < -0.3 is 38.9 Å². The van der Waals surface area contributed by atoms with Gasteiger partial charge in [-0.2, -0.15) is 0 Å². The van der Waals surface area contributed by atoms with E-state index < -0.39 is 18.4 Å². The number of hydroxylamine groups is 2. The molecule has 63 heavy (non-hydrogen) atoms. The number of piperazine rings is 1. The third kappa shape index (κ3) is 9.96. The molecule has 2 saturated heterocycles. The predicted molar refractivity (Wildman–Crippen MR) is 247 cm³/mol. The van der Waals surface area contributed by atoms with Gasteiger partial charge in [0.05, 0.1) is 36.7 Å². The van der Waals surface area contributed by atoms with Crippen LogP contribution in [0.3, 0.4) is 0 Å². The maximum Gasteiger partial charge on any atom is 0.416 e. The second-order valence-corrected chi connectivity index (χ2v) is 19.4. The molecule has 336 valence electrons. The van der Waals surface area contributed by atoms with Crippen LogP contribution in [0.15, 0.2) is 71.9 Å². The minimum absolute atomic E-state index is 0.00726. The molecular formula is C46H55ClN6O8S2. The molecule has 4 aliphatic rings. The number of anilines is 2. The van der Waals surface area contributed by atoms with Crippen LogP contribution in [0.25, 0.3) is 10.8 Å². The summed E-state index contributed by atoms with van der Waals surface area (Å²) in [6.45, 7) is 6.71. The van der Waals surface area contributed by atoms with E-state index in [1.54, 1.807) is 23.2 Å². The van der Waals surface area contributed by atoms with Crippen molar-refractivity contribution in [3.05, 3.63) is 78.0 Å². The number of aliphatic hydroxyl groups is 1. The first-order valence-electron chi connectivity index (χ1n) is 21.7. The number of likely N-dealkylation sites (N-methyl/N-ethyl adjacent to an activating group) is 1. The number of alkyl halides is 1. The number of carbonyl (C=O) groups excluding carboxylic acids is 3. The van der Waals surface area contributed by atoms with Crippen molar-refractivity contribution in [1.82, 2.24) is 19.8 Å². The number of nitrogens with zero attached hydrogens (tertiary/aromatic N) is 6. The first kappa shape index (κ1) is 45.1. The predicted octanol–water partition coefficient (Wildman–Crippen LogP) is 7.80. The quantitative estimate of drug-likeness (QED) is 0.0666. The second kappa shape index (κ2) is 20.6. The molecule has 0 saturated carbocycles. The summed E-state index contributed by atoms with van der Waals surface area (Å²) in [4.78, 5) is 59.5. The van der Waals surface area contributed by atoms with E-state index in [-0.39, 0.29) is 40.8 Å². The number of pyridine rings is 1. The van der Waals surface area contributed by atoms with Gasteiger partial charge in [-0.15, -0.1) is 16.7 Å². The van der Waals surface area contributed by atoms with Gasteiger partial charge in [0.15, 0.2) is 23.5 Å². The highest BCUT2D eigenvalue weighted by Gasteiger charge is 2.45. The van der Waals surface area contributed by atoms with Gasteiger partial charge in [-0.05, 0) is 86.0 Å². The number of aromatic nitrogens is 1. The van der Waals surface area contributed by atoms with E-state index in [9.17, 15) is 19.5 Å². The van der Waals surface area contributed by atoms with E-state index in [2.05, 4.69) is 29.1 Å². The number of ether oxygens (including phenoxy) is 3.